The van der Waals surface area contributed by atoms with Crippen LogP contribution in [0.2, 0.25) is 0 Å². The van der Waals surface area contributed by atoms with Crippen LogP contribution in [0.1, 0.15) is 29.7 Å². The fraction of sp³-hybridized carbons (Fsp3) is 0.148. The average molecular weight is 489 g/mol. The molecule has 0 saturated carbocycles. The fourth-order valence-corrected chi connectivity index (χ4v) is 5.29. The summed E-state index contributed by atoms with van der Waals surface area (Å²) >= 11 is 1.23. The maximum Gasteiger partial charge on any atom is 0.301 e. The first kappa shape index (κ1) is 22.7. The Hall–Kier alpha value is -4.04. The van der Waals surface area contributed by atoms with Gasteiger partial charge in [0, 0.05) is 11.1 Å². The van der Waals surface area contributed by atoms with E-state index in [-0.39, 0.29) is 21.8 Å². The van der Waals surface area contributed by atoms with Crippen molar-refractivity contribution < 1.29 is 23.8 Å². The predicted molar refractivity (Wildman–Crippen MR) is 133 cm³/mol. The van der Waals surface area contributed by atoms with Crippen molar-refractivity contribution in [1.82, 2.24) is 4.98 Å². The van der Waals surface area contributed by atoms with E-state index in [9.17, 15) is 14.7 Å². The van der Waals surface area contributed by atoms with E-state index in [1.54, 1.807) is 30.3 Å². The zero-order valence-corrected chi connectivity index (χ0v) is 19.8. The number of hydrogen-bond acceptors (Lipinski definition) is 6. The van der Waals surface area contributed by atoms with Crippen molar-refractivity contribution >= 4 is 44.1 Å². The zero-order valence-electron chi connectivity index (χ0n) is 19.0. The lowest BCUT2D eigenvalue weighted by atomic mass is 9.95. The molecule has 3 aromatic carbocycles. The Morgan fingerprint density at radius 2 is 1.91 bits per heavy atom. The molecule has 5 rings (SSSR count). The summed E-state index contributed by atoms with van der Waals surface area (Å²) in [5, 5.41) is 11.5. The van der Waals surface area contributed by atoms with Gasteiger partial charge < -0.3 is 9.84 Å². The molecule has 1 aromatic heterocycles. The third-order valence-corrected chi connectivity index (χ3v) is 6.82. The molecule has 35 heavy (non-hydrogen) atoms. The number of ketones is 1. The molecule has 1 amide bonds. The van der Waals surface area contributed by atoms with E-state index in [2.05, 4.69) is 4.98 Å². The Kier molecular flexibility index (Phi) is 5.82. The number of benzene rings is 3. The summed E-state index contributed by atoms with van der Waals surface area (Å²) in [5.41, 5.74) is 1.85. The Balaban J connectivity index is 1.73. The van der Waals surface area contributed by atoms with Crippen LogP contribution >= 0.6 is 11.3 Å². The van der Waals surface area contributed by atoms with E-state index >= 15 is 4.39 Å². The molecule has 4 aromatic rings. The van der Waals surface area contributed by atoms with Crippen LogP contribution < -0.4 is 9.64 Å². The normalized spacial score (nSPS) is 17.3. The Morgan fingerprint density at radius 1 is 1.11 bits per heavy atom. The largest absolute Gasteiger partial charge is 0.507 e. The number of nitrogens with zero attached hydrogens (tertiary/aromatic N) is 2. The number of anilines is 1. The number of Topliss-reactive ketones (excluding diaryl/α,β-unsaturated/α-hetero) is 1. The first-order chi connectivity index (χ1) is 16.9. The van der Waals surface area contributed by atoms with E-state index in [0.29, 0.717) is 17.9 Å². The van der Waals surface area contributed by atoms with Crippen molar-refractivity contribution in [2.24, 2.45) is 0 Å². The molecule has 8 heteroatoms. The van der Waals surface area contributed by atoms with Gasteiger partial charge in [-0.3, -0.25) is 14.5 Å². The number of thiazole rings is 1. The average Bonchev–Trinajstić information content (AvgIpc) is 3.37. The van der Waals surface area contributed by atoms with E-state index in [1.807, 2.05) is 32.0 Å². The number of carbonyl (C=O) groups excluding carboxylic acids is 2. The van der Waals surface area contributed by atoms with Gasteiger partial charge in [-0.25, -0.2) is 9.37 Å². The number of aliphatic hydroxyl groups excluding tert-OH is 1. The minimum Gasteiger partial charge on any atom is -0.507 e. The first-order valence-electron chi connectivity index (χ1n) is 11.0. The number of fused-ring (bicyclic) bond motifs is 1. The summed E-state index contributed by atoms with van der Waals surface area (Å²) in [5.74, 6) is -2.30. The van der Waals surface area contributed by atoms with Crippen LogP contribution in [0, 0.1) is 12.7 Å². The van der Waals surface area contributed by atoms with Gasteiger partial charge in [0.15, 0.2) is 5.13 Å². The maximum absolute atomic E-state index is 15.1. The van der Waals surface area contributed by atoms with Crippen LogP contribution in [0.25, 0.3) is 16.0 Å². The molecule has 2 heterocycles. The first-order valence-corrected chi connectivity index (χ1v) is 11.9. The molecule has 1 fully saturated rings. The number of carbonyl (C=O) groups is 2. The van der Waals surface area contributed by atoms with Gasteiger partial charge in [-0.2, -0.15) is 0 Å². The molecule has 0 radical (unpaired) electrons. The van der Waals surface area contributed by atoms with Crippen molar-refractivity contribution in [2.75, 3.05) is 11.5 Å². The summed E-state index contributed by atoms with van der Waals surface area (Å²) in [6.45, 7) is 4.19. The SMILES string of the molecule is CCOc1cccc(/C(O)=C2\C(=O)C(=O)N(c3nc4ccc(C)cc4s3)C2c2ccccc2F)c1. The number of rotatable bonds is 5. The molecule has 6 nitrogen and oxygen atoms in total. The van der Waals surface area contributed by atoms with Crippen LogP contribution in [-0.4, -0.2) is 28.4 Å². The summed E-state index contributed by atoms with van der Waals surface area (Å²) < 4.78 is 21.4. The Morgan fingerprint density at radius 3 is 2.69 bits per heavy atom. The summed E-state index contributed by atoms with van der Waals surface area (Å²) in [7, 11) is 0. The van der Waals surface area contributed by atoms with E-state index in [0.717, 1.165) is 10.3 Å². The highest BCUT2D eigenvalue weighted by atomic mass is 32.1. The van der Waals surface area contributed by atoms with Crippen molar-refractivity contribution in [3.8, 4) is 5.75 Å². The van der Waals surface area contributed by atoms with Gasteiger partial charge in [-0.05, 0) is 49.7 Å². The third-order valence-electron chi connectivity index (χ3n) is 5.80. The Labute approximate surface area is 204 Å². The van der Waals surface area contributed by atoms with Crippen molar-refractivity contribution in [3.63, 3.8) is 0 Å². The van der Waals surface area contributed by atoms with E-state index in [1.165, 1.54) is 34.4 Å². The zero-order chi connectivity index (χ0) is 24.7. The number of aromatic nitrogens is 1. The highest BCUT2D eigenvalue weighted by Gasteiger charge is 2.49. The number of hydrogen-bond donors (Lipinski definition) is 1. The van der Waals surface area contributed by atoms with Gasteiger partial charge in [-0.15, -0.1) is 0 Å². The van der Waals surface area contributed by atoms with Crippen LogP contribution in [0.4, 0.5) is 9.52 Å². The second kappa shape index (κ2) is 8.96. The third kappa shape index (κ3) is 3.95. The second-order valence-electron chi connectivity index (χ2n) is 8.12. The van der Waals surface area contributed by atoms with Crippen LogP contribution in [0.15, 0.2) is 72.3 Å². The molecular formula is C27H21FN2O4S. The lowest BCUT2D eigenvalue weighted by molar-refractivity contribution is -0.132. The van der Waals surface area contributed by atoms with Gasteiger partial charge in [0.1, 0.15) is 23.4 Å². The molecule has 0 spiro atoms. The van der Waals surface area contributed by atoms with Crippen molar-refractivity contribution in [2.45, 2.75) is 19.9 Å². The Bertz CT molecular complexity index is 1510. The molecule has 0 bridgehead atoms. The number of aryl methyl sites for hydroxylation is 1. The molecule has 1 aliphatic heterocycles. The topological polar surface area (TPSA) is 79.7 Å². The lowest BCUT2D eigenvalue weighted by Gasteiger charge is -2.23. The van der Waals surface area contributed by atoms with Gasteiger partial charge in [-0.1, -0.05) is 47.7 Å². The molecule has 176 valence electrons. The predicted octanol–water partition coefficient (Wildman–Crippen LogP) is 5.77. The second-order valence-corrected chi connectivity index (χ2v) is 9.13. The standard InChI is InChI=1S/C27H21FN2O4S/c1-3-34-17-8-6-7-16(14-17)24(31)22-23(18-9-4-5-10-19(18)28)30(26(33)25(22)32)27-29-20-12-11-15(2)13-21(20)35-27/h4-14,23,31H,3H2,1-2H3/b24-22+. The van der Waals surface area contributed by atoms with Crippen LogP contribution in [0.5, 0.6) is 5.75 Å². The monoisotopic (exact) mass is 488 g/mol. The molecular weight excluding hydrogens is 467 g/mol. The van der Waals surface area contributed by atoms with Crippen molar-refractivity contribution in [1.29, 1.82) is 0 Å². The van der Waals surface area contributed by atoms with Gasteiger partial charge in [0.25, 0.3) is 5.78 Å². The number of ether oxygens (including phenoxy) is 1. The summed E-state index contributed by atoms with van der Waals surface area (Å²) in [4.78, 5) is 32.3. The van der Waals surface area contributed by atoms with Gasteiger partial charge in [0.05, 0.1) is 22.4 Å². The molecule has 1 N–H and O–H groups in total. The quantitative estimate of drug-likeness (QED) is 0.219. The van der Waals surface area contributed by atoms with E-state index < -0.39 is 29.3 Å². The number of halogens is 1. The molecule has 0 aliphatic carbocycles. The molecule has 1 unspecified atom stereocenters. The van der Waals surface area contributed by atoms with Crippen LogP contribution in [0.3, 0.4) is 0 Å². The maximum atomic E-state index is 15.1. The molecule has 1 saturated heterocycles. The molecule has 1 aliphatic rings. The number of aliphatic hydroxyl groups is 1. The smallest absolute Gasteiger partial charge is 0.301 e. The number of amides is 1. The van der Waals surface area contributed by atoms with Crippen LogP contribution in [-0.2, 0) is 9.59 Å². The summed E-state index contributed by atoms with van der Waals surface area (Å²) in [6.07, 6.45) is 0. The summed E-state index contributed by atoms with van der Waals surface area (Å²) in [6, 6.07) is 17.0. The fourth-order valence-electron chi connectivity index (χ4n) is 4.20. The minimum absolute atomic E-state index is 0.0876. The lowest BCUT2D eigenvalue weighted by Crippen LogP contribution is -2.29. The van der Waals surface area contributed by atoms with Gasteiger partial charge >= 0.3 is 5.91 Å². The highest BCUT2D eigenvalue weighted by molar-refractivity contribution is 7.22. The molecule has 1 atom stereocenters. The van der Waals surface area contributed by atoms with Gasteiger partial charge in [0.2, 0.25) is 0 Å². The minimum atomic E-state index is -1.19. The van der Waals surface area contributed by atoms with Crippen molar-refractivity contribution in [3.05, 3.63) is 94.8 Å². The van der Waals surface area contributed by atoms with E-state index in [4.69, 9.17) is 4.74 Å². The highest BCUT2D eigenvalue weighted by Crippen LogP contribution is 2.45.